The van der Waals surface area contributed by atoms with Crippen LogP contribution in [-0.4, -0.2) is 53.9 Å². The summed E-state index contributed by atoms with van der Waals surface area (Å²) in [4.78, 5) is 18.7. The Labute approximate surface area is 180 Å². The van der Waals surface area contributed by atoms with Gasteiger partial charge < -0.3 is 18.9 Å². The molecule has 0 aliphatic carbocycles. The number of hydrogen-bond acceptors (Lipinski definition) is 4. The van der Waals surface area contributed by atoms with Crippen molar-refractivity contribution in [2.45, 2.75) is 65.2 Å². The van der Waals surface area contributed by atoms with Gasteiger partial charge in [-0.15, -0.1) is 0 Å². The summed E-state index contributed by atoms with van der Waals surface area (Å²) in [5.74, 6) is 0. The number of hydrogen-bond donors (Lipinski definition) is 0. The van der Waals surface area contributed by atoms with E-state index in [1.807, 2.05) is 27.1 Å². The van der Waals surface area contributed by atoms with E-state index in [1.54, 1.807) is 4.90 Å². The minimum atomic E-state index is -1.09. The van der Waals surface area contributed by atoms with Crippen molar-refractivity contribution in [2.75, 3.05) is 19.7 Å². The number of aromatic nitrogens is 2. The highest BCUT2D eigenvalue weighted by molar-refractivity contribution is 6.76. The average Bonchev–Trinajstić information content (AvgIpc) is 3.06. The number of benzene rings is 1. The molecule has 0 bridgehead atoms. The van der Waals surface area contributed by atoms with Gasteiger partial charge in [0.2, 0.25) is 0 Å². The Morgan fingerprint density at radius 2 is 2.00 bits per heavy atom. The highest BCUT2D eigenvalue weighted by Gasteiger charge is 2.24. The Bertz CT molecular complexity index is 922. The van der Waals surface area contributed by atoms with E-state index in [4.69, 9.17) is 9.47 Å². The molecular weight excluding hydrogens is 394 g/mol. The summed E-state index contributed by atoms with van der Waals surface area (Å²) < 4.78 is 13.5. The second kappa shape index (κ2) is 8.94. The number of fused-ring (bicyclic) bond motifs is 1. The van der Waals surface area contributed by atoms with E-state index in [9.17, 15) is 4.79 Å². The lowest BCUT2D eigenvalue weighted by Crippen LogP contribution is -2.39. The van der Waals surface area contributed by atoms with Gasteiger partial charge in [-0.1, -0.05) is 37.8 Å². The van der Waals surface area contributed by atoms with E-state index in [2.05, 4.69) is 53.5 Å². The fourth-order valence-corrected chi connectivity index (χ4v) is 4.15. The smallest absolute Gasteiger partial charge is 0.410 e. The number of carbonyl (C=O) groups excluding carboxylic acids is 1. The molecule has 0 atom stereocenters. The Morgan fingerprint density at radius 3 is 2.63 bits per heavy atom. The van der Waals surface area contributed by atoms with Gasteiger partial charge in [0.15, 0.2) is 0 Å². The minimum Gasteiger partial charge on any atom is -0.444 e. The van der Waals surface area contributed by atoms with Crippen LogP contribution in [0.2, 0.25) is 25.7 Å². The Morgan fingerprint density at radius 1 is 1.23 bits per heavy atom. The molecule has 6 nitrogen and oxygen atoms in total. The van der Waals surface area contributed by atoms with Crippen molar-refractivity contribution >= 4 is 30.8 Å². The molecule has 1 amide bonds. The molecule has 7 heteroatoms. The van der Waals surface area contributed by atoms with E-state index < -0.39 is 13.7 Å². The van der Waals surface area contributed by atoms with Gasteiger partial charge in [0, 0.05) is 33.3 Å². The normalized spacial score (nSPS) is 15.4. The predicted molar refractivity (Wildman–Crippen MR) is 124 cm³/mol. The highest BCUT2D eigenvalue weighted by Crippen LogP contribution is 2.29. The van der Waals surface area contributed by atoms with Crippen molar-refractivity contribution < 1.29 is 14.3 Å². The number of rotatable bonds is 6. The summed E-state index contributed by atoms with van der Waals surface area (Å²) in [6.07, 6.45) is 4.51. The first-order chi connectivity index (χ1) is 14.0. The standard InChI is InChI=1S/C23H35N3O3Si/c1-23(2,3)29-22(27)25-12-10-18(11-13-25)19-8-7-9-20-21(19)24-16-26(20)17-28-14-15-30(4,5)6/h7-10,16H,11-15,17H2,1-6H3. The maximum Gasteiger partial charge on any atom is 0.410 e. The molecule has 0 fully saturated rings. The summed E-state index contributed by atoms with van der Waals surface area (Å²) >= 11 is 0. The molecular formula is C23H35N3O3Si. The summed E-state index contributed by atoms with van der Waals surface area (Å²) in [5, 5.41) is 0. The predicted octanol–water partition coefficient (Wildman–Crippen LogP) is 5.37. The molecule has 30 heavy (non-hydrogen) atoms. The minimum absolute atomic E-state index is 0.254. The summed E-state index contributed by atoms with van der Waals surface area (Å²) in [5.41, 5.74) is 3.96. The lowest BCUT2D eigenvalue weighted by Gasteiger charge is -2.29. The van der Waals surface area contributed by atoms with Crippen LogP contribution in [0.25, 0.3) is 16.6 Å². The van der Waals surface area contributed by atoms with E-state index in [1.165, 1.54) is 5.57 Å². The van der Waals surface area contributed by atoms with Crippen LogP contribution < -0.4 is 0 Å². The molecule has 0 saturated carbocycles. The fraction of sp³-hybridized carbons (Fsp3) is 0.565. The average molecular weight is 430 g/mol. The van der Waals surface area contributed by atoms with Gasteiger partial charge in [-0.3, -0.25) is 0 Å². The number of imidazole rings is 1. The van der Waals surface area contributed by atoms with Crippen LogP contribution >= 0.6 is 0 Å². The van der Waals surface area contributed by atoms with E-state index in [-0.39, 0.29) is 6.09 Å². The molecule has 0 spiro atoms. The fourth-order valence-electron chi connectivity index (χ4n) is 3.40. The third-order valence-electron chi connectivity index (χ3n) is 5.08. The molecule has 1 aliphatic rings. The van der Waals surface area contributed by atoms with Gasteiger partial charge in [-0.05, 0) is 44.9 Å². The third kappa shape index (κ3) is 5.95. The van der Waals surface area contributed by atoms with Gasteiger partial charge in [-0.2, -0.15) is 0 Å². The molecule has 1 aromatic carbocycles. The quantitative estimate of drug-likeness (QED) is 0.457. The maximum atomic E-state index is 12.3. The van der Waals surface area contributed by atoms with Gasteiger partial charge in [0.1, 0.15) is 12.3 Å². The van der Waals surface area contributed by atoms with Crippen LogP contribution in [0.3, 0.4) is 0 Å². The lowest BCUT2D eigenvalue weighted by atomic mass is 9.98. The molecule has 0 saturated heterocycles. The molecule has 2 heterocycles. The lowest BCUT2D eigenvalue weighted by molar-refractivity contribution is 0.0270. The topological polar surface area (TPSA) is 56.6 Å². The van der Waals surface area contributed by atoms with Crippen molar-refractivity contribution in [2.24, 2.45) is 0 Å². The molecule has 0 N–H and O–H groups in total. The van der Waals surface area contributed by atoms with Crippen molar-refractivity contribution in [3.8, 4) is 0 Å². The Balaban J connectivity index is 1.69. The molecule has 1 aliphatic heterocycles. The van der Waals surface area contributed by atoms with Crippen LogP contribution in [-0.2, 0) is 16.2 Å². The van der Waals surface area contributed by atoms with E-state index >= 15 is 0 Å². The van der Waals surface area contributed by atoms with Gasteiger partial charge >= 0.3 is 6.09 Å². The second-order valence-electron chi connectivity index (χ2n) is 10.1. The van der Waals surface area contributed by atoms with E-state index in [0.717, 1.165) is 35.7 Å². The first-order valence-corrected chi connectivity index (χ1v) is 14.4. The van der Waals surface area contributed by atoms with Crippen LogP contribution in [0.1, 0.15) is 32.8 Å². The Hall–Kier alpha value is -2.12. The summed E-state index contributed by atoms with van der Waals surface area (Å²) in [6, 6.07) is 7.43. The molecule has 0 unspecified atom stereocenters. The van der Waals surface area contributed by atoms with Gasteiger partial charge in [0.25, 0.3) is 0 Å². The van der Waals surface area contributed by atoms with Crippen LogP contribution in [0.15, 0.2) is 30.6 Å². The van der Waals surface area contributed by atoms with Gasteiger partial charge in [-0.25, -0.2) is 9.78 Å². The van der Waals surface area contributed by atoms with E-state index in [0.29, 0.717) is 19.8 Å². The number of carbonyl (C=O) groups is 1. The molecule has 1 aromatic heterocycles. The molecule has 3 rings (SSSR count). The zero-order valence-electron chi connectivity index (χ0n) is 19.2. The molecule has 0 radical (unpaired) electrons. The third-order valence-corrected chi connectivity index (χ3v) is 6.79. The van der Waals surface area contributed by atoms with Crippen molar-refractivity contribution in [3.63, 3.8) is 0 Å². The zero-order chi connectivity index (χ0) is 21.9. The molecule has 164 valence electrons. The number of para-hydroxylation sites is 1. The van der Waals surface area contributed by atoms with Crippen LogP contribution in [0, 0.1) is 0 Å². The maximum absolute atomic E-state index is 12.3. The first kappa shape index (κ1) is 22.6. The Kier molecular flexibility index (Phi) is 6.72. The first-order valence-electron chi connectivity index (χ1n) is 10.7. The highest BCUT2D eigenvalue weighted by atomic mass is 28.3. The second-order valence-corrected chi connectivity index (χ2v) is 15.8. The SMILES string of the molecule is CC(C)(C)OC(=O)N1CC=C(c2cccc3c2ncn3COCC[Si](C)(C)C)CC1. The van der Waals surface area contributed by atoms with Crippen LogP contribution in [0.5, 0.6) is 0 Å². The number of nitrogens with zero attached hydrogens (tertiary/aromatic N) is 3. The number of ether oxygens (including phenoxy) is 2. The van der Waals surface area contributed by atoms with Crippen molar-refractivity contribution in [3.05, 3.63) is 36.2 Å². The van der Waals surface area contributed by atoms with Crippen molar-refractivity contribution in [1.29, 1.82) is 0 Å². The van der Waals surface area contributed by atoms with Crippen LogP contribution in [0.4, 0.5) is 4.79 Å². The van der Waals surface area contributed by atoms with Gasteiger partial charge in [0.05, 0.1) is 17.4 Å². The largest absolute Gasteiger partial charge is 0.444 e. The molecule has 2 aromatic rings. The number of amides is 1. The van der Waals surface area contributed by atoms with Crippen molar-refractivity contribution in [1.82, 2.24) is 14.5 Å². The monoisotopic (exact) mass is 429 g/mol. The zero-order valence-corrected chi connectivity index (χ0v) is 20.2. The summed E-state index contributed by atoms with van der Waals surface area (Å²) in [7, 11) is -1.09. The summed E-state index contributed by atoms with van der Waals surface area (Å²) in [6.45, 7) is 15.3.